The molecule has 0 aromatic carbocycles. The third kappa shape index (κ3) is 2.92. The van der Waals surface area contributed by atoms with Crippen molar-refractivity contribution in [3.63, 3.8) is 0 Å². The van der Waals surface area contributed by atoms with E-state index in [-0.39, 0.29) is 0 Å². The van der Waals surface area contributed by atoms with Crippen molar-refractivity contribution in [1.29, 1.82) is 0 Å². The second-order valence-electron chi connectivity index (χ2n) is 3.93. The van der Waals surface area contributed by atoms with Crippen LogP contribution in [0.4, 0.5) is 5.00 Å². The second kappa shape index (κ2) is 5.94. The maximum atomic E-state index is 4.42. The van der Waals surface area contributed by atoms with Crippen molar-refractivity contribution in [1.82, 2.24) is 15.0 Å². The fourth-order valence-electron chi connectivity index (χ4n) is 1.59. The van der Waals surface area contributed by atoms with Crippen molar-refractivity contribution < 1.29 is 0 Å². The van der Waals surface area contributed by atoms with Crippen LogP contribution in [0.1, 0.15) is 5.56 Å². The monoisotopic (exact) mass is 298 g/mol. The van der Waals surface area contributed by atoms with E-state index in [9.17, 15) is 0 Å². The minimum absolute atomic E-state index is 0.619. The van der Waals surface area contributed by atoms with E-state index in [2.05, 4.69) is 32.6 Å². The fraction of sp³-hybridized carbons (Fsp3) is 0. The Kier molecular flexibility index (Phi) is 3.85. The van der Waals surface area contributed by atoms with E-state index in [1.54, 1.807) is 31.0 Å². The molecule has 4 nitrogen and oxygen atoms in total. The van der Waals surface area contributed by atoms with Gasteiger partial charge in [0.15, 0.2) is 0 Å². The van der Waals surface area contributed by atoms with Gasteiger partial charge < -0.3 is 0 Å². The number of aliphatic imine (C=N–C) groups is 1. The molecule has 98 valence electrons. The average molecular weight is 298 g/mol. The molecule has 3 aromatic heterocycles. The van der Waals surface area contributed by atoms with Gasteiger partial charge in [0, 0.05) is 42.1 Å². The molecule has 0 amide bonds. The Labute approximate surface area is 125 Å². The zero-order chi connectivity index (χ0) is 13.8. The Balaban J connectivity index is 1.89. The Morgan fingerprint density at radius 1 is 1.10 bits per heavy atom. The first-order valence-electron chi connectivity index (χ1n) is 5.87. The summed E-state index contributed by atoms with van der Waals surface area (Å²) >= 11 is 5.85. The molecule has 0 bridgehead atoms. The molecule has 0 saturated heterocycles. The molecule has 0 fully saturated rings. The summed E-state index contributed by atoms with van der Waals surface area (Å²) in [6.45, 7) is 0. The number of thiazole rings is 1. The van der Waals surface area contributed by atoms with Gasteiger partial charge in [-0.25, -0.2) is 9.98 Å². The summed E-state index contributed by atoms with van der Waals surface area (Å²) < 4.78 is 0. The van der Waals surface area contributed by atoms with Gasteiger partial charge in [-0.05, 0) is 18.2 Å². The Bertz CT molecular complexity index is 723. The zero-order valence-electron chi connectivity index (χ0n) is 10.3. The van der Waals surface area contributed by atoms with E-state index >= 15 is 0 Å². The van der Waals surface area contributed by atoms with Gasteiger partial charge in [-0.15, -0.1) is 12.6 Å². The highest BCUT2D eigenvalue weighted by Gasteiger charge is 2.08. The van der Waals surface area contributed by atoms with Gasteiger partial charge in [0.2, 0.25) is 0 Å². The zero-order valence-corrected chi connectivity index (χ0v) is 12.1. The third-order valence-corrected chi connectivity index (χ3v) is 3.99. The maximum absolute atomic E-state index is 4.42. The highest BCUT2D eigenvalue weighted by molar-refractivity contribution is 7.80. The normalized spacial score (nSPS) is 11.1. The largest absolute Gasteiger partial charge is 0.264 e. The van der Waals surface area contributed by atoms with Gasteiger partial charge in [0.25, 0.3) is 0 Å². The highest BCUT2D eigenvalue weighted by atomic mass is 32.1. The van der Waals surface area contributed by atoms with Crippen LogP contribution in [0.15, 0.2) is 59.1 Å². The Morgan fingerprint density at radius 3 is 2.60 bits per heavy atom. The predicted molar refractivity (Wildman–Crippen MR) is 84.1 cm³/mol. The van der Waals surface area contributed by atoms with Crippen LogP contribution in [0.25, 0.3) is 10.6 Å². The Morgan fingerprint density at radius 2 is 1.90 bits per heavy atom. The molecule has 0 unspecified atom stereocenters. The minimum atomic E-state index is 0.619. The van der Waals surface area contributed by atoms with Crippen molar-refractivity contribution in [2.24, 2.45) is 4.99 Å². The van der Waals surface area contributed by atoms with E-state index in [4.69, 9.17) is 0 Å². The molecule has 3 rings (SSSR count). The number of hydrogen-bond acceptors (Lipinski definition) is 6. The van der Waals surface area contributed by atoms with Crippen molar-refractivity contribution >= 4 is 35.2 Å². The van der Waals surface area contributed by atoms with Crippen LogP contribution < -0.4 is 0 Å². The first kappa shape index (κ1) is 13.0. The molecule has 0 aliphatic heterocycles. The van der Waals surface area contributed by atoms with Crippen LogP contribution in [-0.4, -0.2) is 21.2 Å². The lowest BCUT2D eigenvalue weighted by Gasteiger charge is -1.91. The summed E-state index contributed by atoms with van der Waals surface area (Å²) in [4.78, 5) is 17.0. The summed E-state index contributed by atoms with van der Waals surface area (Å²) in [7, 11) is 0. The van der Waals surface area contributed by atoms with E-state index in [1.165, 1.54) is 11.3 Å². The minimum Gasteiger partial charge on any atom is -0.264 e. The van der Waals surface area contributed by atoms with Crippen LogP contribution in [0.3, 0.4) is 0 Å². The summed E-state index contributed by atoms with van der Waals surface area (Å²) in [6, 6.07) is 7.66. The molecule has 0 N–H and O–H groups in total. The standard InChI is InChI=1S/C14H10N4S2/c19-12-14(17-8-10-3-1-5-15-7-10)20-13(18-12)11-4-2-6-16-9-11/h1-9,19H/b17-8+. The molecule has 0 spiro atoms. The number of rotatable bonds is 3. The lowest BCUT2D eigenvalue weighted by atomic mass is 10.3. The molecule has 0 radical (unpaired) electrons. The summed E-state index contributed by atoms with van der Waals surface area (Å²) in [5.74, 6) is 0. The first-order valence-corrected chi connectivity index (χ1v) is 7.13. The number of thiol groups is 1. The van der Waals surface area contributed by atoms with Crippen LogP contribution in [0.5, 0.6) is 0 Å². The van der Waals surface area contributed by atoms with Gasteiger partial charge in [-0.2, -0.15) is 0 Å². The lowest BCUT2D eigenvalue weighted by molar-refractivity contribution is 1.20. The van der Waals surface area contributed by atoms with Gasteiger partial charge in [0.1, 0.15) is 15.0 Å². The summed E-state index contributed by atoms with van der Waals surface area (Å²) in [6.07, 6.45) is 8.76. The molecule has 0 aliphatic carbocycles. The van der Waals surface area contributed by atoms with Gasteiger partial charge in [-0.1, -0.05) is 17.4 Å². The number of pyridine rings is 2. The third-order valence-electron chi connectivity index (χ3n) is 2.52. The number of aromatic nitrogens is 3. The van der Waals surface area contributed by atoms with E-state index < -0.39 is 0 Å². The number of nitrogens with zero attached hydrogens (tertiary/aromatic N) is 4. The van der Waals surface area contributed by atoms with Gasteiger partial charge in [-0.3, -0.25) is 9.97 Å². The molecule has 20 heavy (non-hydrogen) atoms. The van der Waals surface area contributed by atoms with Gasteiger partial charge in [0.05, 0.1) is 0 Å². The Hall–Kier alpha value is -2.05. The number of hydrogen-bond donors (Lipinski definition) is 1. The first-order chi connectivity index (χ1) is 9.83. The van der Waals surface area contributed by atoms with Crippen LogP contribution in [0, 0.1) is 0 Å². The molecular weight excluding hydrogens is 288 g/mol. The van der Waals surface area contributed by atoms with Gasteiger partial charge >= 0.3 is 0 Å². The molecule has 0 aliphatic rings. The van der Waals surface area contributed by atoms with Crippen molar-refractivity contribution in [2.75, 3.05) is 0 Å². The molecule has 3 heterocycles. The molecule has 0 atom stereocenters. The molecule has 6 heteroatoms. The quantitative estimate of drug-likeness (QED) is 0.593. The predicted octanol–water partition coefficient (Wildman–Crippen LogP) is 3.64. The molecule has 0 saturated carbocycles. The summed E-state index contributed by atoms with van der Waals surface area (Å²) in [5, 5.41) is 2.26. The van der Waals surface area contributed by atoms with Crippen LogP contribution in [-0.2, 0) is 0 Å². The smallest absolute Gasteiger partial charge is 0.150 e. The highest BCUT2D eigenvalue weighted by Crippen LogP contribution is 2.35. The fourth-order valence-corrected chi connectivity index (χ4v) is 2.75. The van der Waals surface area contributed by atoms with Crippen LogP contribution >= 0.6 is 24.0 Å². The SMILES string of the molecule is Sc1nc(-c2cccnc2)sc1/N=C/c1cccnc1. The molecule has 3 aromatic rings. The maximum Gasteiger partial charge on any atom is 0.150 e. The summed E-state index contributed by atoms with van der Waals surface area (Å²) in [5.41, 5.74) is 1.91. The van der Waals surface area contributed by atoms with Crippen LogP contribution in [0.2, 0.25) is 0 Å². The second-order valence-corrected chi connectivity index (χ2v) is 5.34. The van der Waals surface area contributed by atoms with E-state index in [0.717, 1.165) is 21.1 Å². The average Bonchev–Trinajstić information content (AvgIpc) is 2.88. The van der Waals surface area contributed by atoms with Crippen molar-refractivity contribution in [2.45, 2.75) is 5.03 Å². The molecular formula is C14H10N4S2. The van der Waals surface area contributed by atoms with E-state index in [1.807, 2.05) is 24.3 Å². The van der Waals surface area contributed by atoms with E-state index in [0.29, 0.717) is 5.03 Å². The van der Waals surface area contributed by atoms with Crippen molar-refractivity contribution in [3.05, 3.63) is 54.6 Å². The lowest BCUT2D eigenvalue weighted by Crippen LogP contribution is -1.80. The topological polar surface area (TPSA) is 51.0 Å². The van der Waals surface area contributed by atoms with Crippen molar-refractivity contribution in [3.8, 4) is 10.6 Å².